The quantitative estimate of drug-likeness (QED) is 0.518. The van der Waals surface area contributed by atoms with Crippen molar-refractivity contribution < 1.29 is 14.1 Å². The lowest BCUT2D eigenvalue weighted by atomic mass is 9.98. The van der Waals surface area contributed by atoms with Crippen molar-refractivity contribution in [3.05, 3.63) is 64.4 Å². The SMILES string of the molecule is COc1ccc(C2CC[N+]([O-])(Cc3ccc(C#N)cc3)C2)cc1OC1CCCC1. The fourth-order valence-corrected chi connectivity index (χ4v) is 4.63. The van der Waals surface area contributed by atoms with Gasteiger partial charge in [0.05, 0.1) is 37.9 Å². The molecule has 1 heterocycles. The van der Waals surface area contributed by atoms with Crippen LogP contribution in [-0.4, -0.2) is 30.9 Å². The zero-order valence-electron chi connectivity index (χ0n) is 17.0. The second-order valence-corrected chi connectivity index (χ2v) is 8.35. The maximum atomic E-state index is 13.3. The molecule has 29 heavy (non-hydrogen) atoms. The highest BCUT2D eigenvalue weighted by atomic mass is 16.5. The van der Waals surface area contributed by atoms with Crippen LogP contribution in [0.2, 0.25) is 0 Å². The molecule has 2 fully saturated rings. The first-order valence-electron chi connectivity index (χ1n) is 10.5. The van der Waals surface area contributed by atoms with Gasteiger partial charge in [-0.2, -0.15) is 5.26 Å². The van der Waals surface area contributed by atoms with Crippen LogP contribution >= 0.6 is 0 Å². The van der Waals surface area contributed by atoms with Gasteiger partial charge in [0.2, 0.25) is 0 Å². The molecule has 1 saturated carbocycles. The molecule has 0 radical (unpaired) electrons. The summed E-state index contributed by atoms with van der Waals surface area (Å²) in [6, 6.07) is 15.6. The Morgan fingerprint density at radius 2 is 1.83 bits per heavy atom. The van der Waals surface area contributed by atoms with Crippen LogP contribution in [0.15, 0.2) is 42.5 Å². The summed E-state index contributed by atoms with van der Waals surface area (Å²) >= 11 is 0. The number of methoxy groups -OCH3 is 1. The molecular formula is C24H28N2O3. The first-order chi connectivity index (χ1) is 14.1. The zero-order valence-corrected chi connectivity index (χ0v) is 17.0. The lowest BCUT2D eigenvalue weighted by Gasteiger charge is -2.39. The number of rotatable bonds is 6. The smallest absolute Gasteiger partial charge is 0.161 e. The van der Waals surface area contributed by atoms with Crippen LogP contribution in [-0.2, 0) is 6.54 Å². The van der Waals surface area contributed by atoms with Crippen LogP contribution in [0.4, 0.5) is 0 Å². The molecule has 0 aromatic heterocycles. The molecule has 5 heteroatoms. The fourth-order valence-electron chi connectivity index (χ4n) is 4.63. The Labute approximate surface area is 172 Å². The Balaban J connectivity index is 1.46. The predicted octanol–water partition coefficient (Wildman–Crippen LogP) is 4.89. The molecule has 2 aromatic carbocycles. The number of ether oxygens (including phenoxy) is 2. The number of nitrogens with zero attached hydrogens (tertiary/aromatic N) is 2. The van der Waals surface area contributed by atoms with Gasteiger partial charge in [0.25, 0.3) is 0 Å². The second-order valence-electron chi connectivity index (χ2n) is 8.35. The Kier molecular flexibility index (Phi) is 5.75. The minimum Gasteiger partial charge on any atom is -0.633 e. The summed E-state index contributed by atoms with van der Waals surface area (Å²) in [6.45, 7) is 1.62. The topological polar surface area (TPSA) is 65.3 Å². The number of nitriles is 1. The summed E-state index contributed by atoms with van der Waals surface area (Å²) in [6.07, 6.45) is 5.79. The third-order valence-electron chi connectivity index (χ3n) is 6.25. The van der Waals surface area contributed by atoms with Gasteiger partial charge < -0.3 is 19.3 Å². The van der Waals surface area contributed by atoms with Crippen molar-refractivity contribution in [2.24, 2.45) is 0 Å². The number of benzene rings is 2. The van der Waals surface area contributed by atoms with Gasteiger partial charge in [-0.25, -0.2) is 0 Å². The van der Waals surface area contributed by atoms with Crippen molar-refractivity contribution in [2.75, 3.05) is 20.2 Å². The van der Waals surface area contributed by atoms with Crippen LogP contribution in [0.25, 0.3) is 0 Å². The number of quaternary nitrogens is 1. The highest BCUT2D eigenvalue weighted by Crippen LogP contribution is 2.38. The first kappa shape index (κ1) is 19.8. The van der Waals surface area contributed by atoms with Crippen molar-refractivity contribution in [3.8, 4) is 17.6 Å². The molecule has 1 saturated heterocycles. The van der Waals surface area contributed by atoms with E-state index < -0.39 is 0 Å². The van der Waals surface area contributed by atoms with Crippen LogP contribution in [0, 0.1) is 16.5 Å². The molecule has 2 aromatic rings. The molecule has 1 aliphatic heterocycles. The summed E-state index contributed by atoms with van der Waals surface area (Å²) in [7, 11) is 1.67. The number of likely N-dealkylation sites (tertiary alicyclic amines) is 1. The van der Waals surface area contributed by atoms with Crippen molar-refractivity contribution in [3.63, 3.8) is 0 Å². The third-order valence-corrected chi connectivity index (χ3v) is 6.25. The van der Waals surface area contributed by atoms with Crippen LogP contribution < -0.4 is 9.47 Å². The lowest BCUT2D eigenvalue weighted by Crippen LogP contribution is -2.38. The van der Waals surface area contributed by atoms with E-state index in [0.29, 0.717) is 25.2 Å². The van der Waals surface area contributed by atoms with E-state index >= 15 is 0 Å². The molecule has 2 atom stereocenters. The fraction of sp³-hybridized carbons (Fsp3) is 0.458. The molecule has 0 bridgehead atoms. The Bertz CT molecular complexity index is 884. The minimum absolute atomic E-state index is 0.221. The van der Waals surface area contributed by atoms with Crippen LogP contribution in [0.3, 0.4) is 0 Å². The third kappa shape index (κ3) is 4.55. The van der Waals surface area contributed by atoms with Gasteiger partial charge in [-0.3, -0.25) is 0 Å². The van der Waals surface area contributed by atoms with Gasteiger partial charge in [-0.1, -0.05) is 18.2 Å². The van der Waals surface area contributed by atoms with Gasteiger partial charge in [0, 0.05) is 17.9 Å². The Hall–Kier alpha value is -2.55. The number of hydroxylamine groups is 3. The van der Waals surface area contributed by atoms with E-state index in [4.69, 9.17) is 14.7 Å². The highest BCUT2D eigenvalue weighted by Gasteiger charge is 2.33. The van der Waals surface area contributed by atoms with Crippen LogP contribution in [0.5, 0.6) is 11.5 Å². The number of hydrogen-bond acceptors (Lipinski definition) is 4. The molecule has 0 spiro atoms. The van der Waals surface area contributed by atoms with E-state index in [-0.39, 0.29) is 16.7 Å². The molecular weight excluding hydrogens is 364 g/mol. The number of hydrogen-bond donors (Lipinski definition) is 0. The van der Waals surface area contributed by atoms with Crippen molar-refractivity contribution in [2.45, 2.75) is 50.7 Å². The second kappa shape index (κ2) is 8.44. The summed E-state index contributed by atoms with van der Waals surface area (Å²) in [5.74, 6) is 1.79. The van der Waals surface area contributed by atoms with Crippen molar-refractivity contribution in [1.82, 2.24) is 0 Å². The predicted molar refractivity (Wildman–Crippen MR) is 111 cm³/mol. The van der Waals surface area contributed by atoms with Gasteiger partial charge in [-0.15, -0.1) is 0 Å². The summed E-state index contributed by atoms with van der Waals surface area (Å²) < 4.78 is 11.5. The molecule has 2 aliphatic rings. The summed E-state index contributed by atoms with van der Waals surface area (Å²) in [4.78, 5) is 0. The Morgan fingerprint density at radius 3 is 2.52 bits per heavy atom. The summed E-state index contributed by atoms with van der Waals surface area (Å²) in [5.41, 5.74) is 2.77. The average Bonchev–Trinajstić information content (AvgIpc) is 3.38. The van der Waals surface area contributed by atoms with Gasteiger partial charge in [0.1, 0.15) is 6.54 Å². The van der Waals surface area contributed by atoms with E-state index in [1.165, 1.54) is 12.8 Å². The maximum absolute atomic E-state index is 13.3. The minimum atomic E-state index is -0.221. The molecule has 1 aliphatic carbocycles. The molecule has 152 valence electrons. The monoisotopic (exact) mass is 392 g/mol. The largest absolute Gasteiger partial charge is 0.633 e. The maximum Gasteiger partial charge on any atom is 0.161 e. The van der Waals surface area contributed by atoms with Crippen molar-refractivity contribution >= 4 is 0 Å². The molecule has 5 nitrogen and oxygen atoms in total. The van der Waals surface area contributed by atoms with E-state index in [1.807, 2.05) is 18.2 Å². The van der Waals surface area contributed by atoms with E-state index in [2.05, 4.69) is 18.2 Å². The molecule has 0 amide bonds. The standard InChI is InChI=1S/C24H28N2O3/c1-28-23-11-10-20(14-24(23)29-22-4-2-3-5-22)21-12-13-26(27,17-21)16-19-8-6-18(15-25)7-9-19/h6-11,14,21-22H,2-5,12-13,16-17H2,1H3. The van der Waals surface area contributed by atoms with E-state index in [0.717, 1.165) is 41.9 Å². The lowest BCUT2D eigenvalue weighted by molar-refractivity contribution is -0.882. The molecule has 0 N–H and O–H groups in total. The van der Waals surface area contributed by atoms with Gasteiger partial charge in [-0.05, 0) is 55.5 Å². The van der Waals surface area contributed by atoms with E-state index in [1.54, 1.807) is 19.2 Å². The van der Waals surface area contributed by atoms with Gasteiger partial charge >= 0.3 is 0 Å². The Morgan fingerprint density at radius 1 is 1.07 bits per heavy atom. The average molecular weight is 392 g/mol. The van der Waals surface area contributed by atoms with Crippen molar-refractivity contribution in [1.29, 1.82) is 5.26 Å². The molecule has 2 unspecified atom stereocenters. The normalized spacial score (nSPS) is 24.4. The summed E-state index contributed by atoms with van der Waals surface area (Å²) in [5, 5.41) is 22.3. The van der Waals surface area contributed by atoms with Gasteiger partial charge in [0.15, 0.2) is 11.5 Å². The molecule has 4 rings (SSSR count). The van der Waals surface area contributed by atoms with E-state index in [9.17, 15) is 5.21 Å². The van der Waals surface area contributed by atoms with Crippen LogP contribution in [0.1, 0.15) is 54.7 Å². The zero-order chi connectivity index (χ0) is 20.3. The highest BCUT2D eigenvalue weighted by molar-refractivity contribution is 5.44. The first-order valence-corrected chi connectivity index (χ1v) is 10.5.